The summed E-state index contributed by atoms with van der Waals surface area (Å²) in [5.41, 5.74) is 0.717. The summed E-state index contributed by atoms with van der Waals surface area (Å²) < 4.78 is 6.90. The Labute approximate surface area is 104 Å². The number of anilines is 1. The van der Waals surface area contributed by atoms with Gasteiger partial charge in [0, 0.05) is 7.05 Å². The van der Waals surface area contributed by atoms with Gasteiger partial charge in [0.05, 0.1) is 26.0 Å². The van der Waals surface area contributed by atoms with Crippen molar-refractivity contribution in [3.8, 4) is 5.88 Å². The van der Waals surface area contributed by atoms with E-state index in [1.165, 1.54) is 6.33 Å². The summed E-state index contributed by atoms with van der Waals surface area (Å²) in [5.74, 6) is 1.32. The summed E-state index contributed by atoms with van der Waals surface area (Å²) in [4.78, 5) is 12.1. The number of hydrogen-bond donors (Lipinski definition) is 1. The Morgan fingerprint density at radius 2 is 2.24 bits per heavy atom. The van der Waals surface area contributed by atoms with E-state index in [2.05, 4.69) is 20.3 Å². The Morgan fingerprint density at radius 3 is 2.88 bits per heavy atom. The number of methoxy groups -OCH3 is 1. The third-order valence-corrected chi connectivity index (χ3v) is 2.68. The first-order valence-electron chi connectivity index (χ1n) is 4.96. The number of imidazole rings is 1. The molecule has 2 aromatic rings. The second-order valence-corrected chi connectivity index (χ2v) is 3.74. The maximum atomic E-state index is 5.89. The van der Waals surface area contributed by atoms with E-state index in [9.17, 15) is 0 Å². The molecule has 2 aromatic heterocycles. The number of nitrogens with zero attached hydrogens (tertiary/aromatic N) is 4. The summed E-state index contributed by atoms with van der Waals surface area (Å²) in [5, 5.41) is 3.74. The van der Waals surface area contributed by atoms with Crippen LogP contribution in [0.25, 0.3) is 0 Å². The fourth-order valence-corrected chi connectivity index (χ4v) is 1.51. The Hall–Kier alpha value is -1.82. The van der Waals surface area contributed by atoms with Gasteiger partial charge < -0.3 is 14.6 Å². The van der Waals surface area contributed by atoms with Crippen LogP contribution in [0.3, 0.4) is 0 Å². The van der Waals surface area contributed by atoms with Crippen molar-refractivity contribution >= 4 is 17.3 Å². The smallest absolute Gasteiger partial charge is 0.240 e. The van der Waals surface area contributed by atoms with Gasteiger partial charge in [-0.05, 0) is 0 Å². The van der Waals surface area contributed by atoms with Crippen molar-refractivity contribution in [2.24, 2.45) is 7.05 Å². The van der Waals surface area contributed by atoms with E-state index < -0.39 is 0 Å². The molecule has 0 amide bonds. The van der Waals surface area contributed by atoms with Gasteiger partial charge in [-0.15, -0.1) is 0 Å². The molecule has 0 atom stereocenters. The standard InChI is InChI=1S/C10H12ClN5O/c1-16-8(11)4-14-9(16)5-13-7-3-12-6-15-10(7)17-2/h3-4,6,13H,5H2,1-2H3. The van der Waals surface area contributed by atoms with Crippen LogP contribution in [-0.2, 0) is 13.6 Å². The minimum absolute atomic E-state index is 0.500. The predicted octanol–water partition coefficient (Wildman–Crippen LogP) is 1.48. The SMILES string of the molecule is COc1ncncc1NCc1ncc(Cl)n1C. The van der Waals surface area contributed by atoms with Crippen LogP contribution < -0.4 is 10.1 Å². The van der Waals surface area contributed by atoms with Gasteiger partial charge in [-0.1, -0.05) is 11.6 Å². The van der Waals surface area contributed by atoms with Gasteiger partial charge >= 0.3 is 0 Å². The molecule has 0 unspecified atom stereocenters. The van der Waals surface area contributed by atoms with Crippen LogP contribution in [0.1, 0.15) is 5.82 Å². The topological polar surface area (TPSA) is 64.9 Å². The monoisotopic (exact) mass is 253 g/mol. The number of hydrogen-bond acceptors (Lipinski definition) is 5. The van der Waals surface area contributed by atoms with Gasteiger partial charge in [-0.3, -0.25) is 0 Å². The van der Waals surface area contributed by atoms with Crippen molar-refractivity contribution in [1.29, 1.82) is 0 Å². The highest BCUT2D eigenvalue weighted by Gasteiger charge is 2.07. The first-order chi connectivity index (χ1) is 8.22. The molecule has 0 saturated carbocycles. The number of nitrogens with one attached hydrogen (secondary N) is 1. The molecule has 2 heterocycles. The Bertz CT molecular complexity index is 513. The highest BCUT2D eigenvalue weighted by molar-refractivity contribution is 6.29. The lowest BCUT2D eigenvalue weighted by Gasteiger charge is -2.09. The molecule has 0 aromatic carbocycles. The number of rotatable bonds is 4. The van der Waals surface area contributed by atoms with Gasteiger partial charge in [-0.2, -0.15) is 0 Å². The van der Waals surface area contributed by atoms with Crippen molar-refractivity contribution in [2.75, 3.05) is 12.4 Å². The summed E-state index contributed by atoms with van der Waals surface area (Å²) in [6.07, 6.45) is 4.69. The molecule has 90 valence electrons. The van der Waals surface area contributed by atoms with Gasteiger partial charge in [0.25, 0.3) is 0 Å². The van der Waals surface area contributed by atoms with E-state index in [1.54, 1.807) is 24.1 Å². The molecule has 0 aliphatic carbocycles. The van der Waals surface area contributed by atoms with Crippen LogP contribution in [-0.4, -0.2) is 26.6 Å². The molecule has 0 bridgehead atoms. The second kappa shape index (κ2) is 5.01. The fourth-order valence-electron chi connectivity index (χ4n) is 1.37. The first kappa shape index (κ1) is 11.7. The maximum Gasteiger partial charge on any atom is 0.240 e. The van der Waals surface area contributed by atoms with E-state index in [1.807, 2.05) is 7.05 Å². The van der Waals surface area contributed by atoms with E-state index >= 15 is 0 Å². The highest BCUT2D eigenvalue weighted by atomic mass is 35.5. The highest BCUT2D eigenvalue weighted by Crippen LogP contribution is 2.19. The van der Waals surface area contributed by atoms with Gasteiger partial charge in [0.1, 0.15) is 23.0 Å². The van der Waals surface area contributed by atoms with Crippen molar-refractivity contribution < 1.29 is 4.74 Å². The van der Waals surface area contributed by atoms with Crippen LogP contribution >= 0.6 is 11.6 Å². The Kier molecular flexibility index (Phi) is 3.43. The van der Waals surface area contributed by atoms with Gasteiger partial charge in [0.15, 0.2) is 0 Å². The molecule has 0 aliphatic rings. The molecule has 7 heteroatoms. The normalized spacial score (nSPS) is 10.3. The fraction of sp³-hybridized carbons (Fsp3) is 0.300. The predicted molar refractivity (Wildman–Crippen MR) is 64.1 cm³/mol. The largest absolute Gasteiger partial charge is 0.479 e. The lowest BCUT2D eigenvalue weighted by atomic mass is 10.4. The van der Waals surface area contributed by atoms with Crippen LogP contribution in [0.15, 0.2) is 18.7 Å². The zero-order valence-electron chi connectivity index (χ0n) is 9.51. The average Bonchev–Trinajstić information content (AvgIpc) is 2.68. The Balaban J connectivity index is 2.10. The third-order valence-electron chi connectivity index (χ3n) is 2.33. The molecule has 0 saturated heterocycles. The summed E-state index contributed by atoms with van der Waals surface area (Å²) >= 11 is 5.89. The molecule has 6 nitrogen and oxygen atoms in total. The van der Waals surface area contributed by atoms with Gasteiger partial charge in [0.2, 0.25) is 5.88 Å². The minimum atomic E-state index is 0.500. The quantitative estimate of drug-likeness (QED) is 0.894. The molecule has 2 rings (SSSR count). The first-order valence-corrected chi connectivity index (χ1v) is 5.34. The van der Waals surface area contributed by atoms with Crippen LogP contribution in [0.2, 0.25) is 5.15 Å². The molecule has 17 heavy (non-hydrogen) atoms. The van der Waals surface area contributed by atoms with Crippen LogP contribution in [0.4, 0.5) is 5.69 Å². The van der Waals surface area contributed by atoms with Crippen molar-refractivity contribution in [2.45, 2.75) is 6.54 Å². The molecule has 0 radical (unpaired) electrons. The van der Waals surface area contributed by atoms with E-state index in [0.29, 0.717) is 23.3 Å². The summed E-state index contributed by atoms with van der Waals surface area (Å²) in [6, 6.07) is 0. The molecule has 0 aliphatic heterocycles. The van der Waals surface area contributed by atoms with Crippen LogP contribution in [0, 0.1) is 0 Å². The van der Waals surface area contributed by atoms with Gasteiger partial charge in [-0.25, -0.2) is 15.0 Å². The lowest BCUT2D eigenvalue weighted by Crippen LogP contribution is -2.07. The lowest BCUT2D eigenvalue weighted by molar-refractivity contribution is 0.398. The van der Waals surface area contributed by atoms with Crippen molar-refractivity contribution in [1.82, 2.24) is 19.5 Å². The van der Waals surface area contributed by atoms with Crippen molar-refractivity contribution in [3.63, 3.8) is 0 Å². The van der Waals surface area contributed by atoms with E-state index in [4.69, 9.17) is 16.3 Å². The summed E-state index contributed by atoms with van der Waals surface area (Å²) in [6.45, 7) is 0.521. The molecular formula is C10H12ClN5O. The minimum Gasteiger partial charge on any atom is -0.479 e. The molecule has 0 fully saturated rings. The zero-order valence-corrected chi connectivity index (χ0v) is 10.3. The third kappa shape index (κ3) is 2.47. The van der Waals surface area contributed by atoms with E-state index in [0.717, 1.165) is 5.82 Å². The molecule has 0 spiro atoms. The maximum absolute atomic E-state index is 5.89. The Morgan fingerprint density at radius 1 is 1.41 bits per heavy atom. The number of halogens is 1. The van der Waals surface area contributed by atoms with Crippen molar-refractivity contribution in [3.05, 3.63) is 29.7 Å². The van der Waals surface area contributed by atoms with Crippen LogP contribution in [0.5, 0.6) is 5.88 Å². The second-order valence-electron chi connectivity index (χ2n) is 3.36. The summed E-state index contributed by atoms with van der Waals surface area (Å²) in [7, 11) is 3.41. The molecular weight excluding hydrogens is 242 g/mol. The number of aromatic nitrogens is 4. The number of ether oxygens (including phenoxy) is 1. The molecule has 1 N–H and O–H groups in total. The van der Waals surface area contributed by atoms with E-state index in [-0.39, 0.29) is 0 Å². The average molecular weight is 254 g/mol. The zero-order chi connectivity index (χ0) is 12.3.